The van der Waals surface area contributed by atoms with E-state index in [1.807, 2.05) is 27.7 Å². The monoisotopic (exact) mass is 497 g/mol. The van der Waals surface area contributed by atoms with Crippen molar-refractivity contribution in [1.82, 2.24) is 20.9 Å². The summed E-state index contributed by atoms with van der Waals surface area (Å²) in [6.07, 6.45) is 3.50. The maximum atomic E-state index is 11.6. The highest BCUT2D eigenvalue weighted by Crippen LogP contribution is 2.20. The average Bonchev–Trinajstić information content (AvgIpc) is 2.55. The van der Waals surface area contributed by atoms with Gasteiger partial charge in [-0.1, -0.05) is 6.42 Å². The second-order valence-electron chi connectivity index (χ2n) is 8.41. The van der Waals surface area contributed by atoms with Crippen molar-refractivity contribution in [3.8, 4) is 0 Å². The lowest BCUT2D eigenvalue weighted by Gasteiger charge is -2.40. The number of likely N-dealkylation sites (tertiary alicyclic amines) is 1. The fourth-order valence-electron chi connectivity index (χ4n) is 2.87. The third-order valence-corrected chi connectivity index (χ3v) is 4.27. The lowest BCUT2D eigenvalue weighted by molar-refractivity contribution is 0.0529. The molecule has 160 valence electrons. The van der Waals surface area contributed by atoms with Gasteiger partial charge in [0.05, 0.1) is 6.54 Å². The summed E-state index contributed by atoms with van der Waals surface area (Å²) >= 11 is 0. The molecule has 0 saturated carbocycles. The molecule has 7 nitrogen and oxygen atoms in total. The molecular formula is C19H40IN5O2. The molecule has 0 spiro atoms. The molecule has 0 radical (unpaired) electrons. The first-order valence-corrected chi connectivity index (χ1v) is 9.88. The number of rotatable bonds is 7. The molecule has 1 fully saturated rings. The van der Waals surface area contributed by atoms with E-state index < -0.39 is 11.7 Å². The summed E-state index contributed by atoms with van der Waals surface area (Å²) in [4.78, 5) is 18.9. The van der Waals surface area contributed by atoms with Gasteiger partial charge in [0.1, 0.15) is 5.60 Å². The lowest BCUT2D eigenvalue weighted by atomic mass is 9.99. The molecule has 0 aromatic rings. The van der Waals surface area contributed by atoms with Crippen LogP contribution in [0.25, 0.3) is 0 Å². The highest BCUT2D eigenvalue weighted by atomic mass is 127. The van der Waals surface area contributed by atoms with Gasteiger partial charge >= 0.3 is 6.09 Å². The van der Waals surface area contributed by atoms with Crippen LogP contribution >= 0.6 is 24.0 Å². The highest BCUT2D eigenvalue weighted by Gasteiger charge is 2.27. The van der Waals surface area contributed by atoms with Crippen molar-refractivity contribution >= 4 is 36.0 Å². The lowest BCUT2D eigenvalue weighted by Crippen LogP contribution is -2.50. The molecule has 3 N–H and O–H groups in total. The molecule has 27 heavy (non-hydrogen) atoms. The Hall–Kier alpha value is -0.770. The van der Waals surface area contributed by atoms with E-state index in [1.54, 1.807) is 0 Å². The second kappa shape index (κ2) is 12.6. The minimum absolute atomic E-state index is 0. The van der Waals surface area contributed by atoms with Crippen molar-refractivity contribution in [2.75, 3.05) is 39.3 Å². The van der Waals surface area contributed by atoms with Crippen molar-refractivity contribution in [2.45, 2.75) is 71.9 Å². The number of halogens is 1. The predicted molar refractivity (Wildman–Crippen MR) is 123 cm³/mol. The van der Waals surface area contributed by atoms with Gasteiger partial charge in [-0.05, 0) is 67.5 Å². The van der Waals surface area contributed by atoms with Crippen LogP contribution < -0.4 is 16.0 Å². The van der Waals surface area contributed by atoms with Crippen LogP contribution in [0, 0.1) is 0 Å². The van der Waals surface area contributed by atoms with Crippen LogP contribution in [0.5, 0.6) is 0 Å². The number of aliphatic imine (C=N–C) groups is 1. The molecule has 1 aliphatic rings. The van der Waals surface area contributed by atoms with Gasteiger partial charge in [-0.3, -0.25) is 9.89 Å². The first-order valence-electron chi connectivity index (χ1n) is 9.88. The zero-order chi connectivity index (χ0) is 19.6. The molecule has 0 unspecified atom stereocenters. The molecule has 1 heterocycles. The summed E-state index contributed by atoms with van der Waals surface area (Å²) in [6.45, 7) is 17.1. The predicted octanol–water partition coefficient (Wildman–Crippen LogP) is 2.95. The van der Waals surface area contributed by atoms with Gasteiger partial charge in [-0.2, -0.15) is 0 Å². The number of carbonyl (C=O) groups is 1. The molecule has 0 aromatic carbocycles. The summed E-state index contributed by atoms with van der Waals surface area (Å²) in [7, 11) is 0. The Morgan fingerprint density at radius 3 is 2.15 bits per heavy atom. The number of piperidine rings is 1. The van der Waals surface area contributed by atoms with Crippen molar-refractivity contribution in [2.24, 2.45) is 4.99 Å². The zero-order valence-electron chi connectivity index (χ0n) is 18.0. The number of nitrogens with zero attached hydrogens (tertiary/aromatic N) is 2. The maximum absolute atomic E-state index is 11.6. The van der Waals surface area contributed by atoms with Crippen LogP contribution in [0.15, 0.2) is 4.99 Å². The van der Waals surface area contributed by atoms with Gasteiger partial charge in [0.15, 0.2) is 5.96 Å². The summed E-state index contributed by atoms with van der Waals surface area (Å²) in [6, 6.07) is 0. The van der Waals surface area contributed by atoms with Gasteiger partial charge in [-0.15, -0.1) is 24.0 Å². The van der Waals surface area contributed by atoms with E-state index in [4.69, 9.17) is 9.73 Å². The number of guanidine groups is 1. The maximum Gasteiger partial charge on any atom is 0.407 e. The van der Waals surface area contributed by atoms with E-state index >= 15 is 0 Å². The Morgan fingerprint density at radius 1 is 1.00 bits per heavy atom. The van der Waals surface area contributed by atoms with Crippen LogP contribution in [0.3, 0.4) is 0 Å². The van der Waals surface area contributed by atoms with Crippen LogP contribution in [-0.2, 0) is 4.74 Å². The number of hydrogen-bond acceptors (Lipinski definition) is 4. The topological polar surface area (TPSA) is 78.0 Å². The first-order chi connectivity index (χ1) is 12.1. The molecule has 1 saturated heterocycles. The molecule has 0 bridgehead atoms. The second-order valence-corrected chi connectivity index (χ2v) is 8.41. The van der Waals surface area contributed by atoms with Crippen LogP contribution in [0.1, 0.15) is 60.8 Å². The quantitative estimate of drug-likeness (QED) is 0.218. The molecule has 1 amide bonds. The first kappa shape index (κ1) is 26.2. The van der Waals surface area contributed by atoms with Gasteiger partial charge in [0.2, 0.25) is 0 Å². The minimum Gasteiger partial charge on any atom is -0.444 e. The Bertz CT molecular complexity index is 458. The Labute approximate surface area is 182 Å². The van der Waals surface area contributed by atoms with Gasteiger partial charge < -0.3 is 20.7 Å². The smallest absolute Gasteiger partial charge is 0.407 e. The summed E-state index contributed by atoms with van der Waals surface area (Å²) < 4.78 is 5.22. The summed E-state index contributed by atoms with van der Waals surface area (Å²) in [5.74, 6) is 0.781. The third-order valence-electron chi connectivity index (χ3n) is 4.27. The highest BCUT2D eigenvalue weighted by molar-refractivity contribution is 14.0. The Morgan fingerprint density at radius 2 is 1.59 bits per heavy atom. The van der Waals surface area contributed by atoms with E-state index in [2.05, 4.69) is 34.7 Å². The SMILES string of the molecule is CCNC(=NCC(C)(C)N1CCCCC1)NCCNC(=O)OC(C)(C)C.I. The number of hydrogen-bond donors (Lipinski definition) is 3. The molecule has 1 aliphatic heterocycles. The normalized spacial score (nSPS) is 16.3. The number of nitrogens with one attached hydrogen (secondary N) is 3. The standard InChI is InChI=1S/C19H39N5O2.HI/c1-7-20-16(21-11-12-22-17(25)26-18(2,3)4)23-15-19(5,6)24-13-9-8-10-14-24;/h7-15H2,1-6H3,(H,22,25)(H2,20,21,23);1H. The van der Waals surface area contributed by atoms with Crippen molar-refractivity contribution in [1.29, 1.82) is 0 Å². The molecule has 1 rings (SSSR count). The number of amides is 1. The van der Waals surface area contributed by atoms with Gasteiger partial charge in [0.25, 0.3) is 0 Å². The minimum atomic E-state index is -0.478. The van der Waals surface area contributed by atoms with Gasteiger partial charge in [0, 0.05) is 25.2 Å². The van der Waals surface area contributed by atoms with Crippen LogP contribution in [0.2, 0.25) is 0 Å². The van der Waals surface area contributed by atoms with E-state index in [0.29, 0.717) is 13.1 Å². The fourth-order valence-corrected chi connectivity index (χ4v) is 2.87. The van der Waals surface area contributed by atoms with Crippen molar-refractivity contribution in [3.63, 3.8) is 0 Å². The average molecular weight is 497 g/mol. The molecular weight excluding hydrogens is 457 g/mol. The Balaban J connectivity index is 0.00000676. The van der Waals surface area contributed by atoms with Crippen molar-refractivity contribution in [3.05, 3.63) is 0 Å². The number of alkyl carbamates (subject to hydrolysis) is 1. The van der Waals surface area contributed by atoms with Gasteiger partial charge in [-0.25, -0.2) is 4.79 Å². The fraction of sp³-hybridized carbons (Fsp3) is 0.895. The number of ether oxygens (including phenoxy) is 1. The van der Waals surface area contributed by atoms with E-state index in [9.17, 15) is 4.79 Å². The summed E-state index contributed by atoms with van der Waals surface area (Å²) in [5, 5.41) is 9.27. The zero-order valence-corrected chi connectivity index (χ0v) is 20.3. The van der Waals surface area contributed by atoms with Crippen LogP contribution in [-0.4, -0.2) is 67.4 Å². The summed E-state index contributed by atoms with van der Waals surface area (Å²) in [5.41, 5.74) is -0.425. The largest absolute Gasteiger partial charge is 0.444 e. The van der Waals surface area contributed by atoms with Crippen LogP contribution in [0.4, 0.5) is 4.79 Å². The van der Waals surface area contributed by atoms with Crippen molar-refractivity contribution < 1.29 is 9.53 Å². The molecule has 0 aliphatic carbocycles. The molecule has 8 heteroatoms. The van der Waals surface area contributed by atoms with E-state index in [-0.39, 0.29) is 29.5 Å². The third kappa shape index (κ3) is 11.6. The molecule has 0 aromatic heterocycles. The molecule has 0 atom stereocenters. The van der Waals surface area contributed by atoms with E-state index in [1.165, 1.54) is 19.3 Å². The van der Waals surface area contributed by atoms with E-state index in [0.717, 1.165) is 32.1 Å². The Kier molecular flexibility index (Phi) is 12.3. The number of carbonyl (C=O) groups excluding carboxylic acids is 1.